The number of nitrogens with one attached hydrogen (secondary N) is 1. The van der Waals surface area contributed by atoms with Gasteiger partial charge >= 0.3 is 0 Å². The normalized spacial score (nSPS) is 16.4. The van der Waals surface area contributed by atoms with Gasteiger partial charge in [-0.15, -0.1) is 0 Å². The molecule has 4 rings (SSSR count). The Morgan fingerprint density at radius 2 is 1.54 bits per heavy atom. The second-order valence-corrected chi connectivity index (χ2v) is 10.2. The molecular weight excluding hydrogens is 478 g/mol. The quantitative estimate of drug-likeness (QED) is 0.276. The highest BCUT2D eigenvalue weighted by Gasteiger charge is 2.40. The van der Waals surface area contributed by atoms with Crippen molar-refractivity contribution < 1.29 is 9.59 Å². The Bertz CT molecular complexity index is 1280. The molecule has 1 aliphatic heterocycles. The van der Waals surface area contributed by atoms with Crippen LogP contribution >= 0.6 is 11.8 Å². The van der Waals surface area contributed by atoms with E-state index in [1.54, 1.807) is 0 Å². The zero-order chi connectivity index (χ0) is 26.0. The lowest BCUT2D eigenvalue weighted by atomic mass is 10.0. The third-order valence-electron chi connectivity index (χ3n) is 6.33. The van der Waals surface area contributed by atoms with Gasteiger partial charge in [0, 0.05) is 12.2 Å². The van der Waals surface area contributed by atoms with Crippen LogP contribution in [0.25, 0.3) is 0 Å². The maximum atomic E-state index is 13.6. The molecule has 1 heterocycles. The SMILES string of the molecule is CCCCc1ccc(C[C@H]2S/C(=C(\C#N)C(=O)NCCc3ccccc3)N(c3ccccc3)C2=O)cc1. The first kappa shape index (κ1) is 26.2. The summed E-state index contributed by atoms with van der Waals surface area (Å²) in [6, 6.07) is 29.6. The number of unbranched alkanes of at least 4 members (excludes halogenated alkanes) is 1. The van der Waals surface area contributed by atoms with E-state index in [1.165, 1.54) is 22.2 Å². The number of anilines is 1. The van der Waals surface area contributed by atoms with Crippen LogP contribution in [0.2, 0.25) is 0 Å². The zero-order valence-electron chi connectivity index (χ0n) is 21.0. The van der Waals surface area contributed by atoms with Crippen LogP contribution in [0, 0.1) is 11.3 Å². The largest absolute Gasteiger partial charge is 0.351 e. The van der Waals surface area contributed by atoms with Gasteiger partial charge in [-0.25, -0.2) is 0 Å². The first-order valence-corrected chi connectivity index (χ1v) is 13.6. The zero-order valence-corrected chi connectivity index (χ0v) is 21.8. The van der Waals surface area contributed by atoms with Gasteiger partial charge in [0.25, 0.3) is 5.91 Å². The molecular formula is C31H31N3O2S. The first-order valence-electron chi connectivity index (χ1n) is 12.7. The number of amides is 2. The standard InChI is InChI=1S/C31H31N3O2S/c1-2-3-10-24-15-17-25(18-16-24)21-28-30(36)34(26-13-8-5-9-14-26)31(37-28)27(22-32)29(35)33-20-19-23-11-6-4-7-12-23/h4-9,11-18,28H,2-3,10,19-21H2,1H3,(H,33,35)/b31-27+/t28-/m1/s1. The van der Waals surface area contributed by atoms with Gasteiger partial charge in [0.2, 0.25) is 5.91 Å². The Hall–Kier alpha value is -3.82. The van der Waals surface area contributed by atoms with E-state index in [0.29, 0.717) is 30.1 Å². The average Bonchev–Trinajstić information content (AvgIpc) is 3.24. The minimum absolute atomic E-state index is 0.0346. The van der Waals surface area contributed by atoms with Crippen LogP contribution in [-0.2, 0) is 28.9 Å². The van der Waals surface area contributed by atoms with Crippen molar-refractivity contribution >= 4 is 29.3 Å². The Morgan fingerprint density at radius 1 is 0.919 bits per heavy atom. The van der Waals surface area contributed by atoms with Crippen molar-refractivity contribution in [3.05, 3.63) is 112 Å². The fourth-order valence-corrected chi connectivity index (χ4v) is 5.60. The molecule has 0 bridgehead atoms. The van der Waals surface area contributed by atoms with Gasteiger partial charge in [-0.1, -0.05) is 97.9 Å². The summed E-state index contributed by atoms with van der Waals surface area (Å²) in [4.78, 5) is 28.2. The van der Waals surface area contributed by atoms with Crippen molar-refractivity contribution in [2.45, 2.75) is 44.3 Å². The number of nitriles is 1. The summed E-state index contributed by atoms with van der Waals surface area (Å²) in [6.45, 7) is 2.58. The minimum Gasteiger partial charge on any atom is -0.351 e. The van der Waals surface area contributed by atoms with Crippen molar-refractivity contribution in [3.63, 3.8) is 0 Å². The van der Waals surface area contributed by atoms with Crippen LogP contribution in [0.3, 0.4) is 0 Å². The van der Waals surface area contributed by atoms with Crippen LogP contribution in [0.4, 0.5) is 5.69 Å². The van der Waals surface area contributed by atoms with Crippen LogP contribution in [0.15, 0.2) is 95.5 Å². The van der Waals surface area contributed by atoms with E-state index in [9.17, 15) is 14.9 Å². The fraction of sp³-hybridized carbons (Fsp3) is 0.258. The lowest BCUT2D eigenvalue weighted by Crippen LogP contribution is -2.32. The van der Waals surface area contributed by atoms with Gasteiger partial charge in [-0.2, -0.15) is 5.26 Å². The van der Waals surface area contributed by atoms with Crippen molar-refractivity contribution in [1.29, 1.82) is 5.26 Å². The van der Waals surface area contributed by atoms with Crippen LogP contribution in [0.1, 0.15) is 36.5 Å². The number of carbonyl (C=O) groups is 2. The topological polar surface area (TPSA) is 73.2 Å². The van der Waals surface area contributed by atoms with E-state index in [-0.39, 0.29) is 11.5 Å². The van der Waals surface area contributed by atoms with Crippen molar-refractivity contribution in [2.75, 3.05) is 11.4 Å². The van der Waals surface area contributed by atoms with E-state index in [4.69, 9.17) is 0 Å². The number of aryl methyl sites for hydroxylation is 1. The van der Waals surface area contributed by atoms with Crippen LogP contribution in [-0.4, -0.2) is 23.6 Å². The number of thioether (sulfide) groups is 1. The fourth-order valence-electron chi connectivity index (χ4n) is 4.29. The van der Waals surface area contributed by atoms with Crippen LogP contribution in [0.5, 0.6) is 0 Å². The third kappa shape index (κ3) is 6.69. The smallest absolute Gasteiger partial charge is 0.264 e. The van der Waals surface area contributed by atoms with E-state index in [0.717, 1.165) is 30.4 Å². The number of rotatable bonds is 10. The number of hydrogen-bond acceptors (Lipinski definition) is 4. The molecule has 5 nitrogen and oxygen atoms in total. The number of nitrogens with zero attached hydrogens (tertiary/aromatic N) is 2. The predicted molar refractivity (Wildman–Crippen MR) is 150 cm³/mol. The Labute approximate surface area is 223 Å². The summed E-state index contributed by atoms with van der Waals surface area (Å²) in [7, 11) is 0. The summed E-state index contributed by atoms with van der Waals surface area (Å²) >= 11 is 1.30. The summed E-state index contributed by atoms with van der Waals surface area (Å²) in [6.07, 6.45) is 4.54. The lowest BCUT2D eigenvalue weighted by Gasteiger charge is -2.18. The summed E-state index contributed by atoms with van der Waals surface area (Å²) in [5.41, 5.74) is 4.07. The van der Waals surface area contributed by atoms with E-state index < -0.39 is 11.2 Å². The van der Waals surface area contributed by atoms with Crippen LogP contribution < -0.4 is 10.2 Å². The number of hydrogen-bond donors (Lipinski definition) is 1. The van der Waals surface area contributed by atoms with Gasteiger partial charge < -0.3 is 5.32 Å². The first-order chi connectivity index (χ1) is 18.1. The second kappa shape index (κ2) is 12.9. The van der Waals surface area contributed by atoms with Gasteiger partial charge in [0.05, 0.1) is 5.25 Å². The Morgan fingerprint density at radius 3 is 2.19 bits per heavy atom. The van der Waals surface area contributed by atoms with E-state index in [1.807, 2.05) is 60.7 Å². The van der Waals surface area contributed by atoms with Gasteiger partial charge in [-0.05, 0) is 54.5 Å². The molecule has 1 aliphatic rings. The minimum atomic E-state index is -0.462. The molecule has 6 heteroatoms. The van der Waals surface area contributed by atoms with Crippen molar-refractivity contribution in [3.8, 4) is 6.07 Å². The highest BCUT2D eigenvalue weighted by atomic mass is 32.2. The molecule has 1 fully saturated rings. The van der Waals surface area contributed by atoms with Crippen molar-refractivity contribution in [1.82, 2.24) is 5.32 Å². The average molecular weight is 510 g/mol. The van der Waals surface area contributed by atoms with Gasteiger partial charge in [0.1, 0.15) is 16.7 Å². The van der Waals surface area contributed by atoms with E-state index in [2.05, 4.69) is 42.6 Å². The van der Waals surface area contributed by atoms with Gasteiger partial charge in [-0.3, -0.25) is 14.5 Å². The number of benzene rings is 3. The highest BCUT2D eigenvalue weighted by molar-refractivity contribution is 8.05. The van der Waals surface area contributed by atoms with Gasteiger partial charge in [0.15, 0.2) is 0 Å². The Kier molecular flexibility index (Phi) is 9.18. The summed E-state index contributed by atoms with van der Waals surface area (Å²) in [5.74, 6) is -0.582. The molecule has 0 aromatic heterocycles. The molecule has 0 radical (unpaired) electrons. The number of para-hydroxylation sites is 1. The highest BCUT2D eigenvalue weighted by Crippen LogP contribution is 2.41. The Balaban J connectivity index is 1.55. The monoisotopic (exact) mass is 509 g/mol. The molecule has 188 valence electrons. The van der Waals surface area contributed by atoms with E-state index >= 15 is 0 Å². The van der Waals surface area contributed by atoms with Crippen molar-refractivity contribution in [2.24, 2.45) is 0 Å². The molecule has 0 saturated carbocycles. The maximum Gasteiger partial charge on any atom is 0.264 e. The molecule has 37 heavy (non-hydrogen) atoms. The molecule has 0 unspecified atom stereocenters. The molecule has 1 N–H and O–H groups in total. The molecule has 3 aromatic carbocycles. The number of carbonyl (C=O) groups excluding carboxylic acids is 2. The second-order valence-electron chi connectivity index (χ2n) is 9.02. The predicted octanol–water partition coefficient (Wildman–Crippen LogP) is 5.81. The summed E-state index contributed by atoms with van der Waals surface area (Å²) in [5, 5.41) is 12.8. The lowest BCUT2D eigenvalue weighted by molar-refractivity contribution is -0.117. The molecule has 3 aromatic rings. The molecule has 0 spiro atoms. The molecule has 1 atom stereocenters. The summed E-state index contributed by atoms with van der Waals surface area (Å²) < 4.78 is 0. The third-order valence-corrected chi connectivity index (χ3v) is 7.59. The molecule has 0 aliphatic carbocycles. The molecule has 1 saturated heterocycles. The maximum absolute atomic E-state index is 13.6. The molecule has 2 amide bonds.